The summed E-state index contributed by atoms with van der Waals surface area (Å²) in [5, 5.41) is 3.32. The van der Waals surface area contributed by atoms with Gasteiger partial charge >= 0.3 is 6.03 Å². The molecule has 0 aliphatic carbocycles. The van der Waals surface area contributed by atoms with Crippen molar-refractivity contribution in [2.75, 3.05) is 5.32 Å². The zero-order chi connectivity index (χ0) is 17.9. The van der Waals surface area contributed by atoms with Crippen molar-refractivity contribution < 1.29 is 4.79 Å². The molecular weight excluding hydrogens is 350 g/mol. The second kappa shape index (κ2) is 6.93. The first-order valence-corrected chi connectivity index (χ1v) is 8.36. The van der Waals surface area contributed by atoms with Gasteiger partial charge in [-0.15, -0.1) is 0 Å². The Morgan fingerprint density at radius 1 is 1.15 bits per heavy atom. The van der Waals surface area contributed by atoms with Gasteiger partial charge in [0.1, 0.15) is 0 Å². The quantitative estimate of drug-likeness (QED) is 0.829. The van der Waals surface area contributed by atoms with Crippen molar-refractivity contribution in [3.05, 3.63) is 77.0 Å². The van der Waals surface area contributed by atoms with Crippen LogP contribution in [0.4, 0.5) is 10.5 Å². The monoisotopic (exact) mass is 363 g/mol. The van der Waals surface area contributed by atoms with Gasteiger partial charge in [-0.2, -0.15) is 9.98 Å². The van der Waals surface area contributed by atoms with E-state index in [9.17, 15) is 4.79 Å². The first-order valence-electron chi connectivity index (χ1n) is 7.99. The van der Waals surface area contributed by atoms with Crippen molar-refractivity contribution in [2.24, 2.45) is 15.0 Å². The van der Waals surface area contributed by atoms with Crippen molar-refractivity contribution in [2.45, 2.75) is 6.54 Å². The number of amides is 2. The summed E-state index contributed by atoms with van der Waals surface area (Å²) < 4.78 is 0. The van der Waals surface area contributed by atoms with Gasteiger partial charge in [0.25, 0.3) is 0 Å². The number of carbonyl (C=O) groups excluding carboxylic acids is 1. The first kappa shape index (κ1) is 16.2. The highest BCUT2D eigenvalue weighted by molar-refractivity contribution is 6.30. The summed E-state index contributed by atoms with van der Waals surface area (Å²) in [6.45, 7) is 0.612. The number of urea groups is 1. The van der Waals surface area contributed by atoms with Crippen LogP contribution in [0.2, 0.25) is 5.02 Å². The second-order valence-electron chi connectivity index (χ2n) is 5.69. The summed E-state index contributed by atoms with van der Waals surface area (Å²) in [5.41, 5.74) is 2.44. The minimum absolute atomic E-state index is 0.331. The van der Waals surface area contributed by atoms with Crippen molar-refractivity contribution in [3.63, 3.8) is 0 Å². The minimum Gasteiger partial charge on any atom is -0.313 e. The average Bonchev–Trinajstić information content (AvgIpc) is 2.80. The lowest BCUT2D eigenvalue weighted by molar-refractivity contribution is 0.259. The maximum atomic E-state index is 12.4. The number of rotatable bonds is 1. The highest BCUT2D eigenvalue weighted by atomic mass is 35.5. The molecule has 0 atom stereocenters. The molecule has 2 heterocycles. The first-order chi connectivity index (χ1) is 12.7. The predicted octanol–water partition coefficient (Wildman–Crippen LogP) is 4.09. The molecule has 2 aliphatic heterocycles. The zero-order valence-electron chi connectivity index (χ0n) is 13.6. The molecule has 2 amide bonds. The Morgan fingerprint density at radius 2 is 1.96 bits per heavy atom. The van der Waals surface area contributed by atoms with E-state index in [1.165, 1.54) is 0 Å². The SMILES string of the molecule is O=C(/N=C1/N=C2N=CC=CN2Cc2ccccc21)Nc1ccc(Cl)cc1. The van der Waals surface area contributed by atoms with E-state index in [-0.39, 0.29) is 0 Å². The molecule has 26 heavy (non-hydrogen) atoms. The largest absolute Gasteiger partial charge is 0.347 e. The molecule has 0 radical (unpaired) electrons. The summed E-state index contributed by atoms with van der Waals surface area (Å²) in [7, 11) is 0. The molecule has 4 rings (SSSR count). The van der Waals surface area contributed by atoms with Crippen molar-refractivity contribution >= 4 is 41.3 Å². The van der Waals surface area contributed by atoms with Crippen LogP contribution in [0.5, 0.6) is 0 Å². The van der Waals surface area contributed by atoms with Gasteiger partial charge < -0.3 is 10.2 Å². The molecule has 0 saturated heterocycles. The topological polar surface area (TPSA) is 69.4 Å². The Hall–Kier alpha value is -3.25. The van der Waals surface area contributed by atoms with E-state index in [1.807, 2.05) is 41.4 Å². The summed E-state index contributed by atoms with van der Waals surface area (Å²) >= 11 is 5.86. The van der Waals surface area contributed by atoms with Gasteiger partial charge in [0.2, 0.25) is 5.96 Å². The fraction of sp³-hybridized carbons (Fsp3) is 0.0526. The van der Waals surface area contributed by atoms with Gasteiger partial charge in [-0.3, -0.25) is 0 Å². The number of aliphatic imine (C=N–C) groups is 3. The molecule has 0 aromatic heterocycles. The van der Waals surface area contributed by atoms with Crippen LogP contribution in [0.15, 0.2) is 75.8 Å². The molecular formula is C19H14ClN5O. The number of nitrogens with zero attached hydrogens (tertiary/aromatic N) is 4. The Labute approximate surface area is 155 Å². The number of halogens is 1. The molecule has 7 heteroatoms. The lowest BCUT2D eigenvalue weighted by atomic mass is 10.1. The van der Waals surface area contributed by atoms with Crippen LogP contribution in [0, 0.1) is 0 Å². The Kier molecular flexibility index (Phi) is 4.33. The van der Waals surface area contributed by atoms with E-state index in [0.717, 1.165) is 11.1 Å². The van der Waals surface area contributed by atoms with E-state index < -0.39 is 6.03 Å². The summed E-state index contributed by atoms with van der Waals surface area (Å²) in [6, 6.07) is 14.1. The number of fused-ring (bicyclic) bond motifs is 2. The number of amidine groups is 1. The summed E-state index contributed by atoms with van der Waals surface area (Å²) in [6.07, 6.45) is 5.41. The van der Waals surface area contributed by atoms with Gasteiger partial charge in [0, 0.05) is 28.7 Å². The summed E-state index contributed by atoms with van der Waals surface area (Å²) in [5.74, 6) is 0.832. The molecule has 0 saturated carbocycles. The Morgan fingerprint density at radius 3 is 2.81 bits per heavy atom. The lowest BCUT2D eigenvalue weighted by Crippen LogP contribution is -2.25. The van der Waals surface area contributed by atoms with Crippen LogP contribution in [0.1, 0.15) is 11.1 Å². The number of allylic oxidation sites excluding steroid dienone is 1. The number of hydrogen-bond donors (Lipinski definition) is 1. The molecule has 0 unspecified atom stereocenters. The van der Waals surface area contributed by atoms with Crippen LogP contribution in [0.3, 0.4) is 0 Å². The van der Waals surface area contributed by atoms with Crippen molar-refractivity contribution in [3.8, 4) is 0 Å². The molecule has 0 spiro atoms. The maximum absolute atomic E-state index is 12.4. The van der Waals surface area contributed by atoms with Gasteiger partial charge in [-0.1, -0.05) is 35.9 Å². The van der Waals surface area contributed by atoms with Crippen LogP contribution < -0.4 is 5.32 Å². The van der Waals surface area contributed by atoms with Crippen LogP contribution in [-0.2, 0) is 6.54 Å². The lowest BCUT2D eigenvalue weighted by Gasteiger charge is -2.19. The van der Waals surface area contributed by atoms with Crippen LogP contribution >= 0.6 is 11.6 Å². The molecule has 2 aromatic carbocycles. The highest BCUT2D eigenvalue weighted by Crippen LogP contribution is 2.20. The van der Waals surface area contributed by atoms with Gasteiger partial charge in [-0.25, -0.2) is 9.79 Å². The fourth-order valence-corrected chi connectivity index (χ4v) is 2.82. The van der Waals surface area contributed by atoms with Gasteiger partial charge in [-0.05, 0) is 35.9 Å². The average molecular weight is 364 g/mol. The fourth-order valence-electron chi connectivity index (χ4n) is 2.69. The number of hydrogen-bond acceptors (Lipinski definition) is 3. The standard InChI is InChI=1S/C19H14ClN5O/c20-14-6-8-15(9-7-14)22-19(26)24-17-16-5-2-1-4-13(16)12-25-11-3-10-21-18(25)23-17/h1-11H,12H2,(H,22,26)/b24-17+. The number of guanidine groups is 1. The number of benzene rings is 2. The number of carbonyl (C=O) groups is 1. The Bertz CT molecular complexity index is 976. The number of nitrogens with one attached hydrogen (secondary N) is 1. The van der Waals surface area contributed by atoms with E-state index in [1.54, 1.807) is 30.5 Å². The third kappa shape index (κ3) is 3.41. The molecule has 6 nitrogen and oxygen atoms in total. The molecule has 0 bridgehead atoms. The van der Waals surface area contributed by atoms with E-state index in [0.29, 0.717) is 29.0 Å². The molecule has 128 valence electrons. The number of anilines is 1. The van der Waals surface area contributed by atoms with E-state index in [4.69, 9.17) is 11.6 Å². The third-order valence-electron chi connectivity index (χ3n) is 3.91. The van der Waals surface area contributed by atoms with Gasteiger partial charge in [0.05, 0.1) is 6.54 Å². The van der Waals surface area contributed by atoms with Crippen LogP contribution in [-0.4, -0.2) is 28.9 Å². The molecule has 0 fully saturated rings. The van der Waals surface area contributed by atoms with Crippen LogP contribution in [0.25, 0.3) is 0 Å². The molecule has 2 aliphatic rings. The normalized spacial score (nSPS) is 16.6. The second-order valence-corrected chi connectivity index (χ2v) is 6.13. The Balaban J connectivity index is 1.69. The summed E-state index contributed by atoms with van der Waals surface area (Å²) in [4.78, 5) is 27.2. The van der Waals surface area contributed by atoms with E-state index >= 15 is 0 Å². The predicted molar refractivity (Wildman–Crippen MR) is 104 cm³/mol. The molecule has 2 aromatic rings. The maximum Gasteiger partial charge on any atom is 0.347 e. The van der Waals surface area contributed by atoms with Crippen molar-refractivity contribution in [1.29, 1.82) is 0 Å². The third-order valence-corrected chi connectivity index (χ3v) is 4.16. The van der Waals surface area contributed by atoms with Gasteiger partial charge in [0.15, 0.2) is 5.84 Å². The van der Waals surface area contributed by atoms with E-state index in [2.05, 4.69) is 20.3 Å². The highest BCUT2D eigenvalue weighted by Gasteiger charge is 2.21. The molecule has 1 N–H and O–H groups in total. The zero-order valence-corrected chi connectivity index (χ0v) is 14.4. The minimum atomic E-state index is -0.509. The van der Waals surface area contributed by atoms with Crippen molar-refractivity contribution in [1.82, 2.24) is 4.90 Å². The smallest absolute Gasteiger partial charge is 0.313 e.